The van der Waals surface area contributed by atoms with Gasteiger partial charge in [0.05, 0.1) is 5.52 Å². The van der Waals surface area contributed by atoms with E-state index in [2.05, 4.69) is 15.6 Å². The molecule has 2 aromatic carbocycles. The van der Waals surface area contributed by atoms with Crippen LogP contribution in [0.3, 0.4) is 0 Å². The van der Waals surface area contributed by atoms with E-state index in [1.54, 1.807) is 42.8 Å². The van der Waals surface area contributed by atoms with Gasteiger partial charge in [0.1, 0.15) is 5.37 Å². The number of nitrogen functional groups attached to an aromatic ring is 1. The van der Waals surface area contributed by atoms with Crippen LogP contribution >= 0.6 is 11.8 Å². The van der Waals surface area contributed by atoms with Gasteiger partial charge in [0.15, 0.2) is 5.78 Å². The van der Waals surface area contributed by atoms with Crippen LogP contribution in [-0.2, 0) is 5.75 Å². The second kappa shape index (κ2) is 8.97. The van der Waals surface area contributed by atoms with Gasteiger partial charge in [-0.05, 0) is 41.5 Å². The number of hydrogen-bond donors (Lipinski definition) is 1. The van der Waals surface area contributed by atoms with Gasteiger partial charge in [-0.25, -0.2) is 4.79 Å². The number of anilines is 1. The van der Waals surface area contributed by atoms with Crippen LogP contribution in [0.5, 0.6) is 0 Å². The first-order valence-electron chi connectivity index (χ1n) is 11.9. The first-order valence-corrected chi connectivity index (χ1v) is 13.0. The van der Waals surface area contributed by atoms with Crippen molar-refractivity contribution in [2.24, 2.45) is 0 Å². The average Bonchev–Trinajstić information content (AvgIpc) is 3.61. The standard InChI is InChI=1S/C29H25N5O2S/c1-32(2)29(36)34-16-24(22-9-8-19(14-25(22)34)18-5-3-7-21(30)13-18)27(35)23-10-12-33-26(23)17-37-28(33)20-6-4-11-31-15-20/h3-16,28H,17,30H2,1-2H3. The summed E-state index contributed by atoms with van der Waals surface area (Å²) in [6, 6.07) is 19.1. The van der Waals surface area contributed by atoms with Crippen LogP contribution in [0.4, 0.5) is 10.5 Å². The summed E-state index contributed by atoms with van der Waals surface area (Å²) in [5.41, 5.74) is 12.5. The van der Waals surface area contributed by atoms with E-state index in [-0.39, 0.29) is 17.2 Å². The molecule has 1 amide bonds. The smallest absolute Gasteiger partial charge is 0.328 e. The normalized spacial score (nSPS) is 14.6. The molecule has 2 N–H and O–H groups in total. The maximum Gasteiger partial charge on any atom is 0.328 e. The Balaban J connectivity index is 1.45. The SMILES string of the molecule is CN(C)C(=O)n1cc(C(=O)c2ccn3c2CSC3c2cccnc2)c2ccc(-c3cccc(N)c3)cc21. The number of thioether (sulfide) groups is 1. The monoisotopic (exact) mass is 507 g/mol. The van der Waals surface area contributed by atoms with Crippen molar-refractivity contribution in [2.75, 3.05) is 19.8 Å². The minimum atomic E-state index is -0.219. The zero-order valence-electron chi connectivity index (χ0n) is 20.5. The summed E-state index contributed by atoms with van der Waals surface area (Å²) in [6.07, 6.45) is 7.27. The van der Waals surface area contributed by atoms with Gasteiger partial charge in [-0.2, -0.15) is 0 Å². The van der Waals surface area contributed by atoms with E-state index in [4.69, 9.17) is 5.73 Å². The van der Waals surface area contributed by atoms with E-state index in [1.165, 1.54) is 4.90 Å². The summed E-state index contributed by atoms with van der Waals surface area (Å²) in [5.74, 6) is 0.635. The molecule has 0 bridgehead atoms. The van der Waals surface area contributed by atoms with Gasteiger partial charge in [0, 0.05) is 78.1 Å². The molecule has 4 heterocycles. The highest BCUT2D eigenvalue weighted by atomic mass is 32.2. The van der Waals surface area contributed by atoms with Gasteiger partial charge in [0.25, 0.3) is 0 Å². The molecule has 6 rings (SSSR count). The number of fused-ring (bicyclic) bond motifs is 2. The number of benzene rings is 2. The lowest BCUT2D eigenvalue weighted by atomic mass is 10.00. The molecule has 8 heteroatoms. The number of hydrogen-bond acceptors (Lipinski definition) is 5. The van der Waals surface area contributed by atoms with Crippen molar-refractivity contribution in [1.29, 1.82) is 0 Å². The van der Waals surface area contributed by atoms with Crippen LogP contribution in [0.15, 0.2) is 85.5 Å². The van der Waals surface area contributed by atoms with Gasteiger partial charge < -0.3 is 15.2 Å². The molecule has 3 aromatic heterocycles. The maximum absolute atomic E-state index is 13.9. The van der Waals surface area contributed by atoms with E-state index in [9.17, 15) is 9.59 Å². The number of rotatable bonds is 4. The van der Waals surface area contributed by atoms with Crippen LogP contribution in [0.25, 0.3) is 22.0 Å². The molecule has 37 heavy (non-hydrogen) atoms. The molecule has 0 saturated carbocycles. The number of aromatic nitrogens is 3. The number of carbonyl (C=O) groups is 2. The van der Waals surface area contributed by atoms with Crippen molar-refractivity contribution < 1.29 is 9.59 Å². The lowest BCUT2D eigenvalue weighted by Gasteiger charge is -2.12. The lowest BCUT2D eigenvalue weighted by Crippen LogP contribution is -2.26. The Bertz CT molecular complexity index is 1670. The van der Waals surface area contributed by atoms with E-state index < -0.39 is 0 Å². The first kappa shape index (κ1) is 23.1. The molecule has 5 aromatic rings. The summed E-state index contributed by atoms with van der Waals surface area (Å²) in [4.78, 5) is 32.8. The zero-order valence-corrected chi connectivity index (χ0v) is 21.3. The third kappa shape index (κ3) is 3.90. The molecule has 0 saturated heterocycles. The van der Waals surface area contributed by atoms with Gasteiger partial charge >= 0.3 is 6.03 Å². The second-order valence-electron chi connectivity index (χ2n) is 9.31. The summed E-state index contributed by atoms with van der Waals surface area (Å²) < 4.78 is 3.71. The van der Waals surface area contributed by atoms with Gasteiger partial charge in [-0.1, -0.05) is 30.3 Å². The Morgan fingerprint density at radius 2 is 1.86 bits per heavy atom. The summed E-state index contributed by atoms with van der Waals surface area (Å²) >= 11 is 1.77. The second-order valence-corrected chi connectivity index (χ2v) is 10.4. The number of carbonyl (C=O) groups excluding carboxylic acids is 2. The first-order chi connectivity index (χ1) is 17.9. The average molecular weight is 508 g/mol. The highest BCUT2D eigenvalue weighted by Gasteiger charge is 2.30. The highest BCUT2D eigenvalue weighted by molar-refractivity contribution is 7.99. The lowest BCUT2D eigenvalue weighted by molar-refractivity contribution is 0.103. The van der Waals surface area contributed by atoms with Gasteiger partial charge in [-0.3, -0.25) is 14.3 Å². The van der Waals surface area contributed by atoms with Crippen LogP contribution in [0, 0.1) is 0 Å². The fourth-order valence-electron chi connectivity index (χ4n) is 4.90. The highest BCUT2D eigenvalue weighted by Crippen LogP contribution is 2.42. The third-order valence-corrected chi connectivity index (χ3v) is 7.98. The van der Waals surface area contributed by atoms with Crippen molar-refractivity contribution in [3.63, 3.8) is 0 Å². The van der Waals surface area contributed by atoms with E-state index in [0.29, 0.717) is 22.3 Å². The van der Waals surface area contributed by atoms with Crippen molar-refractivity contribution in [3.8, 4) is 11.1 Å². The van der Waals surface area contributed by atoms with Crippen molar-refractivity contribution >= 4 is 40.2 Å². The number of pyridine rings is 1. The van der Waals surface area contributed by atoms with Crippen LogP contribution in [0.1, 0.15) is 32.6 Å². The Kier molecular flexibility index (Phi) is 5.61. The minimum absolute atomic E-state index is 0.0859. The van der Waals surface area contributed by atoms with E-state index in [0.717, 1.165) is 33.5 Å². The molecule has 7 nitrogen and oxygen atoms in total. The molecular formula is C29H25N5O2S. The van der Waals surface area contributed by atoms with Crippen LogP contribution < -0.4 is 5.73 Å². The molecule has 1 aliphatic rings. The molecule has 0 radical (unpaired) electrons. The number of nitrogens with zero attached hydrogens (tertiary/aromatic N) is 4. The van der Waals surface area contributed by atoms with Crippen molar-refractivity contribution in [2.45, 2.75) is 11.1 Å². The molecule has 0 fully saturated rings. The number of ketones is 1. The van der Waals surface area contributed by atoms with Crippen LogP contribution in [0.2, 0.25) is 0 Å². The van der Waals surface area contributed by atoms with E-state index in [1.807, 2.05) is 67.0 Å². The number of nitrogens with two attached hydrogens (primary N) is 1. The quantitative estimate of drug-likeness (QED) is 0.251. The summed E-state index contributed by atoms with van der Waals surface area (Å²) in [6.45, 7) is 0. The molecule has 1 aliphatic heterocycles. The van der Waals surface area contributed by atoms with Crippen LogP contribution in [-0.4, -0.2) is 44.9 Å². The summed E-state index contributed by atoms with van der Waals surface area (Å²) in [7, 11) is 3.40. The fraction of sp³-hybridized carbons (Fsp3) is 0.138. The Morgan fingerprint density at radius 1 is 1.03 bits per heavy atom. The van der Waals surface area contributed by atoms with Gasteiger partial charge in [0.2, 0.25) is 0 Å². The zero-order chi connectivity index (χ0) is 25.7. The molecule has 1 atom stereocenters. The predicted molar refractivity (Wildman–Crippen MR) is 148 cm³/mol. The van der Waals surface area contributed by atoms with Gasteiger partial charge in [-0.15, -0.1) is 11.8 Å². The number of amides is 1. The molecular weight excluding hydrogens is 482 g/mol. The van der Waals surface area contributed by atoms with E-state index >= 15 is 0 Å². The Labute approximate surface area is 218 Å². The van der Waals surface area contributed by atoms with Crippen molar-refractivity contribution in [3.05, 3.63) is 108 Å². The Hall–Kier alpha value is -4.30. The predicted octanol–water partition coefficient (Wildman–Crippen LogP) is 5.64. The maximum atomic E-state index is 13.9. The third-order valence-electron chi connectivity index (χ3n) is 6.73. The Morgan fingerprint density at radius 3 is 2.62 bits per heavy atom. The largest absolute Gasteiger partial charge is 0.399 e. The fourth-order valence-corrected chi connectivity index (χ4v) is 6.21. The minimum Gasteiger partial charge on any atom is -0.399 e. The molecule has 1 unspecified atom stereocenters. The van der Waals surface area contributed by atoms with Crippen molar-refractivity contribution in [1.82, 2.24) is 19.0 Å². The molecule has 0 aliphatic carbocycles. The molecule has 0 spiro atoms. The molecule has 184 valence electrons. The summed E-state index contributed by atoms with van der Waals surface area (Å²) in [5, 5.41) is 0.824. The topological polar surface area (TPSA) is 86.2 Å².